The highest BCUT2D eigenvalue weighted by Gasteiger charge is 2.27. The Labute approximate surface area is 195 Å². The molecule has 33 heavy (non-hydrogen) atoms. The van der Waals surface area contributed by atoms with Crippen molar-refractivity contribution in [3.8, 4) is 5.75 Å². The molecule has 2 aromatic rings. The molecule has 0 aliphatic carbocycles. The molecule has 4 rings (SSSR count). The van der Waals surface area contributed by atoms with E-state index in [-0.39, 0.29) is 6.04 Å². The van der Waals surface area contributed by atoms with Gasteiger partial charge in [0.1, 0.15) is 5.75 Å². The fraction of sp³-hybridized carbons (Fsp3) is 0.440. The maximum atomic E-state index is 12.6. The van der Waals surface area contributed by atoms with Gasteiger partial charge in [-0.1, -0.05) is 12.1 Å². The van der Waals surface area contributed by atoms with Crippen LogP contribution in [0.4, 0.5) is 11.4 Å². The van der Waals surface area contributed by atoms with Gasteiger partial charge in [0, 0.05) is 57.7 Å². The molecule has 2 aromatic carbocycles. The summed E-state index contributed by atoms with van der Waals surface area (Å²) in [6.45, 7) is 5.22. The Bertz CT molecular complexity index is 986. The van der Waals surface area contributed by atoms with E-state index in [0.29, 0.717) is 18.0 Å². The minimum absolute atomic E-state index is 0.0210. The van der Waals surface area contributed by atoms with Crippen LogP contribution in [0, 0.1) is 0 Å². The first kappa shape index (κ1) is 23.1. The van der Waals surface area contributed by atoms with E-state index in [1.165, 1.54) is 16.8 Å². The quantitative estimate of drug-likeness (QED) is 0.652. The SMILES string of the molecule is COc1ccc(NC(=O)C(=O)NC[C@H](c2ccc3c(c2)CCN3C)N2CCN(C)CC2)cc1. The van der Waals surface area contributed by atoms with Crippen molar-refractivity contribution < 1.29 is 14.3 Å². The maximum absolute atomic E-state index is 12.6. The molecule has 0 bridgehead atoms. The van der Waals surface area contributed by atoms with E-state index < -0.39 is 11.8 Å². The number of carbonyl (C=O) groups is 2. The first-order valence-corrected chi connectivity index (χ1v) is 11.4. The van der Waals surface area contributed by atoms with Crippen molar-refractivity contribution in [2.24, 2.45) is 0 Å². The molecule has 8 nitrogen and oxygen atoms in total. The summed E-state index contributed by atoms with van der Waals surface area (Å²) >= 11 is 0. The van der Waals surface area contributed by atoms with Gasteiger partial charge in [0.15, 0.2) is 0 Å². The molecule has 1 saturated heterocycles. The highest BCUT2D eigenvalue weighted by Crippen LogP contribution is 2.31. The van der Waals surface area contributed by atoms with E-state index in [1.807, 2.05) is 0 Å². The molecule has 0 spiro atoms. The average Bonchev–Trinajstić information content (AvgIpc) is 3.20. The van der Waals surface area contributed by atoms with E-state index >= 15 is 0 Å². The maximum Gasteiger partial charge on any atom is 0.313 e. The van der Waals surface area contributed by atoms with E-state index in [2.05, 4.69) is 57.6 Å². The van der Waals surface area contributed by atoms with Gasteiger partial charge < -0.3 is 25.2 Å². The number of benzene rings is 2. The lowest BCUT2D eigenvalue weighted by atomic mass is 10.00. The van der Waals surface area contributed by atoms with Crippen LogP contribution < -0.4 is 20.3 Å². The smallest absolute Gasteiger partial charge is 0.313 e. The Balaban J connectivity index is 1.43. The lowest BCUT2D eigenvalue weighted by Gasteiger charge is -2.38. The van der Waals surface area contributed by atoms with Crippen LogP contribution in [-0.2, 0) is 16.0 Å². The number of piperazine rings is 1. The Morgan fingerprint density at radius 2 is 1.70 bits per heavy atom. The second kappa shape index (κ2) is 10.2. The Kier molecular flexibility index (Phi) is 7.15. The van der Waals surface area contributed by atoms with Gasteiger partial charge in [-0.05, 0) is 54.9 Å². The summed E-state index contributed by atoms with van der Waals surface area (Å²) in [4.78, 5) is 32.0. The molecular weight excluding hydrogens is 418 g/mol. The number of likely N-dealkylation sites (N-methyl/N-ethyl adjacent to an activating group) is 2. The number of rotatable bonds is 6. The predicted molar refractivity (Wildman–Crippen MR) is 130 cm³/mol. The van der Waals surface area contributed by atoms with Crippen molar-refractivity contribution in [2.45, 2.75) is 12.5 Å². The zero-order chi connectivity index (χ0) is 23.4. The fourth-order valence-corrected chi connectivity index (χ4v) is 4.52. The lowest BCUT2D eigenvalue weighted by molar-refractivity contribution is -0.136. The number of carbonyl (C=O) groups excluding carboxylic acids is 2. The molecule has 0 saturated carbocycles. The van der Waals surface area contributed by atoms with Gasteiger partial charge in [-0.25, -0.2) is 0 Å². The molecule has 0 radical (unpaired) electrons. The highest BCUT2D eigenvalue weighted by atomic mass is 16.5. The molecule has 0 unspecified atom stereocenters. The summed E-state index contributed by atoms with van der Waals surface area (Å²) in [6.07, 6.45) is 1.03. The van der Waals surface area contributed by atoms with Crippen LogP contribution >= 0.6 is 0 Å². The molecule has 8 heteroatoms. The molecule has 1 atom stereocenters. The number of hydrogen-bond acceptors (Lipinski definition) is 6. The van der Waals surface area contributed by atoms with E-state index in [9.17, 15) is 9.59 Å². The number of nitrogens with one attached hydrogen (secondary N) is 2. The zero-order valence-corrected chi connectivity index (χ0v) is 19.6. The summed E-state index contributed by atoms with van der Waals surface area (Å²) in [5.74, 6) is -0.619. The predicted octanol–water partition coefficient (Wildman–Crippen LogP) is 1.73. The average molecular weight is 452 g/mol. The first-order chi connectivity index (χ1) is 15.9. The molecule has 1 fully saturated rings. The standard InChI is InChI=1S/C25H33N5O3/c1-28-12-14-30(15-13-28)23(18-4-9-22-19(16-18)10-11-29(22)2)17-26-24(31)25(32)27-20-5-7-21(33-3)8-6-20/h4-9,16,23H,10-15,17H2,1-3H3,(H,26,31)(H,27,32)/t23-/m1/s1. The Hall–Kier alpha value is -3.10. The second-order valence-corrected chi connectivity index (χ2v) is 8.81. The third kappa shape index (κ3) is 5.46. The van der Waals surface area contributed by atoms with Gasteiger partial charge in [-0.2, -0.15) is 0 Å². The van der Waals surface area contributed by atoms with Crippen LogP contribution in [0.3, 0.4) is 0 Å². The van der Waals surface area contributed by atoms with Gasteiger partial charge in [0.25, 0.3) is 0 Å². The van der Waals surface area contributed by atoms with Crippen LogP contribution in [0.1, 0.15) is 17.2 Å². The van der Waals surface area contributed by atoms with Crippen LogP contribution in [0.2, 0.25) is 0 Å². The molecule has 0 aromatic heterocycles. The van der Waals surface area contributed by atoms with Crippen molar-refractivity contribution in [3.63, 3.8) is 0 Å². The van der Waals surface area contributed by atoms with Gasteiger partial charge in [0.05, 0.1) is 13.2 Å². The number of hydrogen-bond donors (Lipinski definition) is 2. The normalized spacial score (nSPS) is 17.4. The minimum Gasteiger partial charge on any atom is -0.497 e. The third-order valence-corrected chi connectivity index (χ3v) is 6.60. The summed E-state index contributed by atoms with van der Waals surface area (Å²) < 4.78 is 5.12. The molecule has 2 aliphatic rings. The molecule has 2 N–H and O–H groups in total. The van der Waals surface area contributed by atoms with E-state index in [0.717, 1.165) is 39.1 Å². The van der Waals surface area contributed by atoms with Crippen molar-refractivity contribution in [1.82, 2.24) is 15.1 Å². The fourth-order valence-electron chi connectivity index (χ4n) is 4.52. The number of ether oxygens (including phenoxy) is 1. The molecule has 2 aliphatic heterocycles. The van der Waals surface area contributed by atoms with Crippen molar-refractivity contribution in [2.75, 3.05) is 70.7 Å². The first-order valence-electron chi connectivity index (χ1n) is 11.4. The molecular formula is C25H33N5O3. The monoisotopic (exact) mass is 451 g/mol. The van der Waals surface area contributed by atoms with Crippen LogP contribution in [0.25, 0.3) is 0 Å². The number of methoxy groups -OCH3 is 1. The van der Waals surface area contributed by atoms with Gasteiger partial charge >= 0.3 is 11.8 Å². The summed E-state index contributed by atoms with van der Waals surface area (Å²) in [5.41, 5.74) is 4.36. The Morgan fingerprint density at radius 3 is 2.39 bits per heavy atom. The molecule has 2 heterocycles. The van der Waals surface area contributed by atoms with Crippen LogP contribution in [0.15, 0.2) is 42.5 Å². The number of amides is 2. The summed E-state index contributed by atoms with van der Waals surface area (Å²) in [6, 6.07) is 13.5. The topological polar surface area (TPSA) is 77.1 Å². The third-order valence-electron chi connectivity index (χ3n) is 6.60. The van der Waals surface area contributed by atoms with Crippen molar-refractivity contribution in [1.29, 1.82) is 0 Å². The summed E-state index contributed by atoms with van der Waals surface area (Å²) in [5, 5.41) is 5.52. The summed E-state index contributed by atoms with van der Waals surface area (Å²) in [7, 11) is 5.82. The minimum atomic E-state index is -0.673. The zero-order valence-electron chi connectivity index (χ0n) is 19.6. The van der Waals surface area contributed by atoms with Gasteiger partial charge in [-0.3, -0.25) is 14.5 Å². The van der Waals surface area contributed by atoms with Gasteiger partial charge in [-0.15, -0.1) is 0 Å². The lowest BCUT2D eigenvalue weighted by Crippen LogP contribution is -2.49. The van der Waals surface area contributed by atoms with Crippen LogP contribution in [-0.4, -0.2) is 82.1 Å². The second-order valence-electron chi connectivity index (χ2n) is 8.81. The van der Waals surface area contributed by atoms with E-state index in [1.54, 1.807) is 31.4 Å². The van der Waals surface area contributed by atoms with Crippen LogP contribution in [0.5, 0.6) is 5.75 Å². The molecule has 176 valence electrons. The Morgan fingerprint density at radius 1 is 0.970 bits per heavy atom. The number of anilines is 2. The van der Waals surface area contributed by atoms with Gasteiger partial charge in [0.2, 0.25) is 0 Å². The largest absolute Gasteiger partial charge is 0.497 e. The number of nitrogens with zero attached hydrogens (tertiary/aromatic N) is 3. The van der Waals surface area contributed by atoms with E-state index in [4.69, 9.17) is 4.74 Å². The number of fused-ring (bicyclic) bond motifs is 1. The molecule has 2 amide bonds. The van der Waals surface area contributed by atoms with Crippen molar-refractivity contribution in [3.05, 3.63) is 53.6 Å². The highest BCUT2D eigenvalue weighted by molar-refractivity contribution is 6.39. The van der Waals surface area contributed by atoms with Crippen molar-refractivity contribution >= 4 is 23.2 Å².